The van der Waals surface area contributed by atoms with Crippen LogP contribution in [-0.2, 0) is 0 Å². The number of nitrogens with zero attached hydrogens (tertiary/aromatic N) is 4. The smallest absolute Gasteiger partial charge is 0.238 e. The van der Waals surface area contributed by atoms with Crippen LogP contribution in [0.1, 0.15) is 0 Å². The molecule has 11 rings (SSSR count). The van der Waals surface area contributed by atoms with E-state index in [4.69, 9.17) is 23.8 Å². The monoisotopic (exact) mass is 654 g/mol. The molecular formula is C45H26N4O2. The van der Waals surface area contributed by atoms with Crippen molar-refractivity contribution in [2.45, 2.75) is 0 Å². The fourth-order valence-corrected chi connectivity index (χ4v) is 7.54. The molecule has 0 aliphatic heterocycles. The highest BCUT2D eigenvalue weighted by Gasteiger charge is 2.20. The topological polar surface area (TPSA) is 69.9 Å². The SMILES string of the molecule is c1ccc(-c2nc(-c3cccc4oc5cc(-c6ccc7oc8ccccc8c7c6)ccc5c34)nc(-n3c4ccccc4c4ccccc43)n2)cc1. The van der Waals surface area contributed by atoms with Crippen LogP contribution in [0.3, 0.4) is 0 Å². The normalized spacial score (nSPS) is 11.9. The summed E-state index contributed by atoms with van der Waals surface area (Å²) < 4.78 is 14.8. The van der Waals surface area contributed by atoms with Crippen LogP contribution < -0.4 is 0 Å². The largest absolute Gasteiger partial charge is 0.456 e. The third-order valence-electron chi connectivity index (χ3n) is 9.88. The number of fused-ring (bicyclic) bond motifs is 9. The predicted molar refractivity (Wildman–Crippen MR) is 205 cm³/mol. The maximum Gasteiger partial charge on any atom is 0.238 e. The van der Waals surface area contributed by atoms with Gasteiger partial charge >= 0.3 is 0 Å². The fourth-order valence-electron chi connectivity index (χ4n) is 7.54. The number of hydrogen-bond donors (Lipinski definition) is 0. The fraction of sp³-hybridized carbons (Fsp3) is 0. The van der Waals surface area contributed by atoms with Gasteiger partial charge in [0.1, 0.15) is 22.3 Å². The molecule has 0 saturated carbocycles. The lowest BCUT2D eigenvalue weighted by atomic mass is 10.00. The van der Waals surface area contributed by atoms with Crippen molar-refractivity contribution in [2.24, 2.45) is 0 Å². The van der Waals surface area contributed by atoms with Gasteiger partial charge in [0.05, 0.1) is 11.0 Å². The molecule has 0 aliphatic rings. The van der Waals surface area contributed by atoms with Crippen molar-refractivity contribution in [2.75, 3.05) is 0 Å². The zero-order chi connectivity index (χ0) is 33.5. The minimum absolute atomic E-state index is 0.561. The third kappa shape index (κ3) is 4.26. The zero-order valence-corrected chi connectivity index (χ0v) is 27.1. The molecule has 0 atom stereocenters. The summed E-state index contributed by atoms with van der Waals surface area (Å²) in [6.45, 7) is 0. The Morgan fingerprint density at radius 2 is 1.00 bits per heavy atom. The first kappa shape index (κ1) is 27.9. The van der Waals surface area contributed by atoms with E-state index in [2.05, 4.69) is 95.6 Å². The molecule has 0 unspecified atom stereocenters. The lowest BCUT2D eigenvalue weighted by Crippen LogP contribution is -2.06. The number of para-hydroxylation sites is 3. The molecule has 0 saturated heterocycles. The van der Waals surface area contributed by atoms with E-state index in [-0.39, 0.29) is 0 Å². The summed E-state index contributed by atoms with van der Waals surface area (Å²) in [6.07, 6.45) is 0. The maximum absolute atomic E-state index is 6.56. The Balaban J connectivity index is 1.12. The van der Waals surface area contributed by atoms with E-state index < -0.39 is 0 Å². The summed E-state index contributed by atoms with van der Waals surface area (Å²) in [5.41, 5.74) is 9.37. The Labute approximate surface area is 290 Å². The van der Waals surface area contributed by atoms with Gasteiger partial charge in [0.25, 0.3) is 0 Å². The van der Waals surface area contributed by atoms with Gasteiger partial charge in [-0.05, 0) is 59.7 Å². The molecule has 11 aromatic rings. The second-order valence-electron chi connectivity index (χ2n) is 12.8. The van der Waals surface area contributed by atoms with Crippen molar-refractivity contribution in [1.82, 2.24) is 19.5 Å². The molecule has 0 radical (unpaired) electrons. The van der Waals surface area contributed by atoms with Crippen LogP contribution in [-0.4, -0.2) is 19.5 Å². The maximum atomic E-state index is 6.56. The first-order chi connectivity index (χ1) is 25.3. The summed E-state index contributed by atoms with van der Waals surface area (Å²) in [4.78, 5) is 15.4. The van der Waals surface area contributed by atoms with Gasteiger partial charge < -0.3 is 8.83 Å². The molecule has 0 fully saturated rings. The second-order valence-corrected chi connectivity index (χ2v) is 12.8. The Morgan fingerprint density at radius 1 is 0.373 bits per heavy atom. The summed E-state index contributed by atoms with van der Waals surface area (Å²) in [7, 11) is 0. The molecule has 0 amide bonds. The molecule has 238 valence electrons. The van der Waals surface area contributed by atoms with E-state index in [0.29, 0.717) is 17.6 Å². The standard InChI is InChI=1S/C45H26N4O2/c1-2-11-27(12-3-1)43-46-44(48-45(47-43)49-36-17-7-4-13-30(36)31-14-5-8-18-37(31)49)34-16-10-20-40-42(34)33-23-21-29(26-41(33)51-40)28-22-24-39-35(25-28)32-15-6-9-19-38(32)50-39/h1-26H. The third-order valence-corrected chi connectivity index (χ3v) is 9.88. The van der Waals surface area contributed by atoms with Crippen LogP contribution in [0, 0.1) is 0 Å². The molecule has 4 heterocycles. The van der Waals surface area contributed by atoms with E-state index in [9.17, 15) is 0 Å². The molecular weight excluding hydrogens is 629 g/mol. The summed E-state index contributed by atoms with van der Waals surface area (Å²) in [5.74, 6) is 1.74. The van der Waals surface area contributed by atoms with Gasteiger partial charge in [-0.15, -0.1) is 0 Å². The highest BCUT2D eigenvalue weighted by Crippen LogP contribution is 2.40. The van der Waals surface area contributed by atoms with E-state index in [1.807, 2.05) is 66.7 Å². The molecule has 7 aromatic carbocycles. The minimum atomic E-state index is 0.561. The number of hydrogen-bond acceptors (Lipinski definition) is 5. The van der Waals surface area contributed by atoms with Gasteiger partial charge in [-0.1, -0.05) is 109 Å². The van der Waals surface area contributed by atoms with Crippen molar-refractivity contribution in [3.05, 3.63) is 158 Å². The van der Waals surface area contributed by atoms with Crippen molar-refractivity contribution in [3.8, 4) is 39.9 Å². The van der Waals surface area contributed by atoms with Gasteiger partial charge in [0.2, 0.25) is 5.95 Å². The first-order valence-corrected chi connectivity index (χ1v) is 16.9. The summed E-state index contributed by atoms with van der Waals surface area (Å²) in [6, 6.07) is 53.9. The molecule has 6 nitrogen and oxygen atoms in total. The molecule has 0 spiro atoms. The number of furan rings is 2. The number of benzene rings is 7. The first-order valence-electron chi connectivity index (χ1n) is 16.9. The Morgan fingerprint density at radius 3 is 1.82 bits per heavy atom. The lowest BCUT2D eigenvalue weighted by molar-refractivity contribution is 0.669. The lowest BCUT2D eigenvalue weighted by Gasteiger charge is -2.11. The molecule has 0 bridgehead atoms. The van der Waals surface area contributed by atoms with Gasteiger partial charge in [0.15, 0.2) is 11.6 Å². The van der Waals surface area contributed by atoms with Gasteiger partial charge in [0, 0.05) is 43.4 Å². The molecule has 0 aliphatic carbocycles. The van der Waals surface area contributed by atoms with Crippen LogP contribution in [0.5, 0.6) is 0 Å². The molecule has 51 heavy (non-hydrogen) atoms. The number of aromatic nitrogens is 4. The minimum Gasteiger partial charge on any atom is -0.456 e. The van der Waals surface area contributed by atoms with Gasteiger partial charge in [-0.3, -0.25) is 4.57 Å². The molecule has 0 N–H and O–H groups in total. The number of rotatable bonds is 4. The molecule has 4 aromatic heterocycles. The zero-order valence-electron chi connectivity index (χ0n) is 27.1. The highest BCUT2D eigenvalue weighted by atomic mass is 16.3. The van der Waals surface area contributed by atoms with E-state index in [0.717, 1.165) is 87.9 Å². The van der Waals surface area contributed by atoms with E-state index >= 15 is 0 Å². The van der Waals surface area contributed by atoms with Crippen LogP contribution >= 0.6 is 0 Å². The van der Waals surface area contributed by atoms with Crippen molar-refractivity contribution in [1.29, 1.82) is 0 Å². The Hall–Kier alpha value is -7.05. The Bertz CT molecular complexity index is 3100. The Kier molecular flexibility index (Phi) is 5.86. The van der Waals surface area contributed by atoms with Crippen LogP contribution in [0.25, 0.3) is 106 Å². The highest BCUT2D eigenvalue weighted by molar-refractivity contribution is 6.13. The van der Waals surface area contributed by atoms with Crippen molar-refractivity contribution >= 4 is 65.7 Å². The average Bonchev–Trinajstić information content (AvgIpc) is 3.87. The van der Waals surface area contributed by atoms with E-state index in [1.165, 1.54) is 0 Å². The summed E-state index contributed by atoms with van der Waals surface area (Å²) in [5, 5.41) is 6.47. The quantitative estimate of drug-likeness (QED) is 0.189. The average molecular weight is 655 g/mol. The van der Waals surface area contributed by atoms with Gasteiger partial charge in [-0.25, -0.2) is 4.98 Å². The van der Waals surface area contributed by atoms with Crippen LogP contribution in [0.15, 0.2) is 167 Å². The molecule has 6 heteroatoms. The van der Waals surface area contributed by atoms with Crippen LogP contribution in [0.2, 0.25) is 0 Å². The van der Waals surface area contributed by atoms with Crippen LogP contribution in [0.4, 0.5) is 0 Å². The van der Waals surface area contributed by atoms with E-state index in [1.54, 1.807) is 0 Å². The summed E-state index contributed by atoms with van der Waals surface area (Å²) >= 11 is 0. The van der Waals surface area contributed by atoms with Crippen molar-refractivity contribution < 1.29 is 8.83 Å². The second kappa shape index (κ2) is 10.7. The van der Waals surface area contributed by atoms with Crippen molar-refractivity contribution in [3.63, 3.8) is 0 Å². The predicted octanol–water partition coefficient (Wildman–Crippen LogP) is 11.8. The van der Waals surface area contributed by atoms with Gasteiger partial charge in [-0.2, -0.15) is 9.97 Å².